The Bertz CT molecular complexity index is 928. The van der Waals surface area contributed by atoms with Crippen LogP contribution in [0.2, 0.25) is 0 Å². The first-order valence-corrected chi connectivity index (χ1v) is 8.57. The van der Waals surface area contributed by atoms with Crippen LogP contribution in [-0.4, -0.2) is 26.9 Å². The summed E-state index contributed by atoms with van der Waals surface area (Å²) in [6.45, 7) is 0.989. The van der Waals surface area contributed by atoms with Gasteiger partial charge in [-0.15, -0.1) is 0 Å². The molecular formula is C16H15FN2O5S. The topological polar surface area (TPSA) is 116 Å². The summed E-state index contributed by atoms with van der Waals surface area (Å²) in [5, 5.41) is 7.38. The lowest BCUT2D eigenvalue weighted by molar-refractivity contribution is -0.119. The summed E-state index contributed by atoms with van der Waals surface area (Å²) in [5.41, 5.74) is 0.700. The van der Waals surface area contributed by atoms with E-state index in [1.807, 2.05) is 0 Å². The molecule has 0 atom stereocenters. The molecule has 0 radical (unpaired) electrons. The second kappa shape index (κ2) is 7.41. The monoisotopic (exact) mass is 366 g/mol. The quantitative estimate of drug-likeness (QED) is 0.780. The Morgan fingerprint density at radius 1 is 1.20 bits per heavy atom. The van der Waals surface area contributed by atoms with E-state index in [4.69, 9.17) is 9.88 Å². The van der Waals surface area contributed by atoms with E-state index in [1.165, 1.54) is 36.4 Å². The van der Waals surface area contributed by atoms with E-state index >= 15 is 0 Å². The normalized spacial score (nSPS) is 11.0. The Morgan fingerprint density at radius 2 is 1.92 bits per heavy atom. The third-order valence-corrected chi connectivity index (χ3v) is 4.11. The van der Waals surface area contributed by atoms with E-state index in [0.717, 1.165) is 6.07 Å². The zero-order valence-corrected chi connectivity index (χ0v) is 14.0. The van der Waals surface area contributed by atoms with Crippen molar-refractivity contribution in [3.8, 4) is 0 Å². The van der Waals surface area contributed by atoms with Gasteiger partial charge in [-0.1, -0.05) is 12.1 Å². The molecule has 0 saturated heterocycles. The number of amides is 1. The van der Waals surface area contributed by atoms with Gasteiger partial charge < -0.3 is 10.1 Å². The summed E-state index contributed by atoms with van der Waals surface area (Å²) >= 11 is 0. The molecule has 0 fully saturated rings. The van der Waals surface area contributed by atoms with Gasteiger partial charge >= 0.3 is 5.97 Å². The van der Waals surface area contributed by atoms with Crippen molar-refractivity contribution in [1.29, 1.82) is 0 Å². The molecule has 0 bridgehead atoms. The van der Waals surface area contributed by atoms with Gasteiger partial charge in [0.1, 0.15) is 5.82 Å². The maximum Gasteiger partial charge on any atom is 0.339 e. The minimum Gasteiger partial charge on any atom is -0.452 e. The fourth-order valence-electron chi connectivity index (χ4n) is 1.97. The number of nitrogens with two attached hydrogens (primary N) is 1. The molecule has 3 N–H and O–H groups in total. The van der Waals surface area contributed by atoms with Gasteiger partial charge in [0.05, 0.1) is 10.5 Å². The predicted molar refractivity (Wildman–Crippen MR) is 87.9 cm³/mol. The predicted octanol–water partition coefficient (Wildman–Crippen LogP) is 1.58. The zero-order valence-electron chi connectivity index (χ0n) is 13.2. The Balaban J connectivity index is 1.99. The Morgan fingerprint density at radius 3 is 2.60 bits per heavy atom. The van der Waals surface area contributed by atoms with Crippen molar-refractivity contribution in [3.63, 3.8) is 0 Å². The van der Waals surface area contributed by atoms with E-state index in [-0.39, 0.29) is 16.1 Å². The van der Waals surface area contributed by atoms with Gasteiger partial charge in [0.25, 0.3) is 5.91 Å². The lowest BCUT2D eigenvalue weighted by Gasteiger charge is -2.09. The molecule has 25 heavy (non-hydrogen) atoms. The number of esters is 1. The SMILES string of the molecule is Cc1ccc(F)cc1C(=O)OCC(=O)Nc1cccc(S(N)(=O)=O)c1. The molecule has 2 aromatic carbocycles. The molecule has 132 valence electrons. The molecular weight excluding hydrogens is 351 g/mol. The molecule has 2 aromatic rings. The number of hydrogen-bond donors (Lipinski definition) is 2. The average Bonchev–Trinajstić information content (AvgIpc) is 2.54. The summed E-state index contributed by atoms with van der Waals surface area (Å²) < 4.78 is 40.6. The van der Waals surface area contributed by atoms with Crippen molar-refractivity contribution < 1.29 is 27.1 Å². The van der Waals surface area contributed by atoms with Crippen LogP contribution in [0, 0.1) is 12.7 Å². The van der Waals surface area contributed by atoms with Crippen LogP contribution in [0.4, 0.5) is 10.1 Å². The number of aryl methyl sites for hydroxylation is 1. The smallest absolute Gasteiger partial charge is 0.339 e. The highest BCUT2D eigenvalue weighted by Gasteiger charge is 2.14. The first-order chi connectivity index (χ1) is 11.7. The van der Waals surface area contributed by atoms with Crippen molar-refractivity contribution >= 4 is 27.6 Å². The molecule has 0 heterocycles. The van der Waals surface area contributed by atoms with Crippen LogP contribution in [0.1, 0.15) is 15.9 Å². The van der Waals surface area contributed by atoms with Crippen LogP contribution in [0.5, 0.6) is 0 Å². The molecule has 0 aliphatic heterocycles. The maximum atomic E-state index is 13.2. The van der Waals surface area contributed by atoms with E-state index in [2.05, 4.69) is 5.32 Å². The van der Waals surface area contributed by atoms with Gasteiger partial charge in [-0.05, 0) is 42.8 Å². The van der Waals surface area contributed by atoms with E-state index < -0.39 is 34.3 Å². The van der Waals surface area contributed by atoms with Crippen LogP contribution in [-0.2, 0) is 19.6 Å². The molecule has 0 aromatic heterocycles. The second-order valence-electron chi connectivity index (χ2n) is 5.16. The number of halogens is 1. The number of anilines is 1. The summed E-state index contributed by atoms with van der Waals surface area (Å²) in [6, 6.07) is 8.94. The Hall–Kier alpha value is -2.78. The summed E-state index contributed by atoms with van der Waals surface area (Å²) in [4.78, 5) is 23.5. The molecule has 7 nitrogen and oxygen atoms in total. The molecule has 9 heteroatoms. The number of rotatable bonds is 5. The molecule has 0 aliphatic carbocycles. The molecule has 0 spiro atoms. The van der Waals surface area contributed by atoms with Crippen molar-refractivity contribution in [2.75, 3.05) is 11.9 Å². The zero-order chi connectivity index (χ0) is 18.6. The summed E-state index contributed by atoms with van der Waals surface area (Å²) in [6.07, 6.45) is 0. The molecule has 0 unspecified atom stereocenters. The van der Waals surface area contributed by atoms with Crippen molar-refractivity contribution in [3.05, 3.63) is 59.4 Å². The largest absolute Gasteiger partial charge is 0.452 e. The number of ether oxygens (including phenoxy) is 1. The summed E-state index contributed by atoms with van der Waals surface area (Å²) in [5.74, 6) is -2.12. The summed E-state index contributed by atoms with van der Waals surface area (Å²) in [7, 11) is -3.90. The fraction of sp³-hybridized carbons (Fsp3) is 0.125. The van der Waals surface area contributed by atoms with Crippen LogP contribution < -0.4 is 10.5 Å². The highest BCUT2D eigenvalue weighted by Crippen LogP contribution is 2.14. The maximum absolute atomic E-state index is 13.2. The van der Waals surface area contributed by atoms with Crippen LogP contribution in [0.25, 0.3) is 0 Å². The van der Waals surface area contributed by atoms with E-state index in [0.29, 0.717) is 5.56 Å². The van der Waals surface area contributed by atoms with Crippen LogP contribution in [0.3, 0.4) is 0 Å². The Labute approximate surface area is 143 Å². The van der Waals surface area contributed by atoms with Gasteiger partial charge in [-0.2, -0.15) is 0 Å². The average molecular weight is 366 g/mol. The highest BCUT2D eigenvalue weighted by atomic mass is 32.2. The van der Waals surface area contributed by atoms with Crippen molar-refractivity contribution in [1.82, 2.24) is 0 Å². The number of hydrogen-bond acceptors (Lipinski definition) is 5. The standard InChI is InChI=1S/C16H15FN2O5S/c1-10-5-6-11(17)7-14(10)16(21)24-9-15(20)19-12-3-2-4-13(8-12)25(18,22)23/h2-8H,9H2,1H3,(H,19,20)(H2,18,22,23). The number of carbonyl (C=O) groups excluding carboxylic acids is 2. The van der Waals surface area contributed by atoms with Crippen molar-refractivity contribution in [2.45, 2.75) is 11.8 Å². The number of benzene rings is 2. The van der Waals surface area contributed by atoms with Gasteiger partial charge in [0, 0.05) is 5.69 Å². The Kier molecular flexibility index (Phi) is 5.50. The minimum atomic E-state index is -3.90. The lowest BCUT2D eigenvalue weighted by atomic mass is 10.1. The molecule has 0 aliphatic rings. The van der Waals surface area contributed by atoms with Gasteiger partial charge in [0.15, 0.2) is 6.61 Å². The van der Waals surface area contributed by atoms with Gasteiger partial charge in [-0.3, -0.25) is 4.79 Å². The minimum absolute atomic E-state index is 0.0176. The highest BCUT2D eigenvalue weighted by molar-refractivity contribution is 7.89. The number of nitrogens with one attached hydrogen (secondary N) is 1. The van der Waals surface area contributed by atoms with Gasteiger partial charge in [-0.25, -0.2) is 22.7 Å². The third-order valence-electron chi connectivity index (χ3n) is 3.20. The molecule has 0 saturated carbocycles. The van der Waals surface area contributed by atoms with E-state index in [9.17, 15) is 22.4 Å². The third kappa shape index (κ3) is 5.10. The van der Waals surface area contributed by atoms with Crippen LogP contribution in [0.15, 0.2) is 47.4 Å². The molecule has 1 amide bonds. The lowest BCUT2D eigenvalue weighted by Crippen LogP contribution is -2.21. The number of sulfonamides is 1. The second-order valence-corrected chi connectivity index (χ2v) is 6.72. The fourth-order valence-corrected chi connectivity index (χ4v) is 2.53. The first kappa shape index (κ1) is 18.6. The number of primary sulfonamides is 1. The van der Waals surface area contributed by atoms with Gasteiger partial charge in [0.2, 0.25) is 10.0 Å². The van der Waals surface area contributed by atoms with E-state index in [1.54, 1.807) is 6.92 Å². The molecule has 2 rings (SSSR count). The van der Waals surface area contributed by atoms with Crippen molar-refractivity contribution in [2.24, 2.45) is 5.14 Å². The van der Waals surface area contributed by atoms with Crippen LogP contribution >= 0.6 is 0 Å². The number of carbonyl (C=O) groups is 2. The first-order valence-electron chi connectivity index (χ1n) is 7.03.